The molecule has 0 aliphatic carbocycles. The lowest BCUT2D eigenvalue weighted by atomic mass is 10.2. The van der Waals surface area contributed by atoms with Gasteiger partial charge in [0.1, 0.15) is 11.5 Å². The number of amides is 1. The maximum Gasteiger partial charge on any atom is 0.234 e. The molecule has 138 valence electrons. The molecule has 1 N–H and O–H groups in total. The van der Waals surface area contributed by atoms with Gasteiger partial charge in [-0.15, -0.1) is 11.8 Å². The summed E-state index contributed by atoms with van der Waals surface area (Å²) in [6.45, 7) is 2.00. The van der Waals surface area contributed by atoms with Gasteiger partial charge in [-0.25, -0.2) is 8.42 Å². The van der Waals surface area contributed by atoms with Crippen LogP contribution in [0.5, 0.6) is 11.5 Å². The molecule has 1 amide bonds. The fraction of sp³-hybridized carbons (Fsp3) is 0.316. The molecule has 2 aromatic rings. The Labute approximate surface area is 158 Å². The Balaban J connectivity index is 1.48. The van der Waals surface area contributed by atoms with Crippen LogP contribution in [0.3, 0.4) is 0 Å². The Kier molecular flexibility index (Phi) is 5.88. The average Bonchev–Trinajstić information content (AvgIpc) is 2.94. The van der Waals surface area contributed by atoms with E-state index in [1.54, 1.807) is 24.3 Å². The van der Waals surface area contributed by atoms with Crippen LogP contribution in [0.2, 0.25) is 0 Å². The van der Waals surface area contributed by atoms with E-state index in [0.29, 0.717) is 17.9 Å². The number of hydrogen-bond acceptors (Lipinski definition) is 5. The maximum absolute atomic E-state index is 12.0. The summed E-state index contributed by atoms with van der Waals surface area (Å²) in [7, 11) is -2.90. The molecule has 1 aliphatic rings. The molecule has 7 heteroatoms. The Morgan fingerprint density at radius 1 is 1.19 bits per heavy atom. The van der Waals surface area contributed by atoms with Gasteiger partial charge in [-0.1, -0.05) is 12.1 Å². The number of carbonyl (C=O) groups excluding carboxylic acids is 1. The molecule has 1 fully saturated rings. The fourth-order valence-corrected chi connectivity index (χ4v) is 6.15. The standard InChI is InChI=1S/C19H21NO4S2/c1-14-3-2-4-17(11-14)24-16-7-5-15(6-8-16)20-19(21)12-25-18-9-10-26(22,23)13-18/h2-8,11,18H,9-10,12-13H2,1H3,(H,20,21)/t18-/m0/s1. The monoisotopic (exact) mass is 391 g/mol. The molecule has 2 aromatic carbocycles. The van der Waals surface area contributed by atoms with Crippen LogP contribution < -0.4 is 10.1 Å². The number of sulfone groups is 1. The van der Waals surface area contributed by atoms with Gasteiger partial charge in [0.05, 0.1) is 17.3 Å². The largest absolute Gasteiger partial charge is 0.457 e. The molecule has 5 nitrogen and oxygen atoms in total. The summed E-state index contributed by atoms with van der Waals surface area (Å²) in [5.41, 5.74) is 1.81. The van der Waals surface area contributed by atoms with E-state index in [1.807, 2.05) is 31.2 Å². The highest BCUT2D eigenvalue weighted by Gasteiger charge is 2.28. The summed E-state index contributed by atoms with van der Waals surface area (Å²) in [6, 6.07) is 15.0. The van der Waals surface area contributed by atoms with Gasteiger partial charge in [-0.2, -0.15) is 0 Å². The molecule has 1 atom stereocenters. The van der Waals surface area contributed by atoms with Gasteiger partial charge in [0.25, 0.3) is 0 Å². The molecule has 1 heterocycles. The van der Waals surface area contributed by atoms with Gasteiger partial charge in [0, 0.05) is 10.9 Å². The average molecular weight is 392 g/mol. The number of thioether (sulfide) groups is 1. The van der Waals surface area contributed by atoms with Crippen molar-refractivity contribution < 1.29 is 17.9 Å². The maximum atomic E-state index is 12.0. The Hall–Kier alpha value is -1.99. The van der Waals surface area contributed by atoms with E-state index in [1.165, 1.54) is 11.8 Å². The number of ether oxygens (including phenoxy) is 1. The van der Waals surface area contributed by atoms with E-state index in [2.05, 4.69) is 5.32 Å². The highest BCUT2D eigenvalue weighted by molar-refractivity contribution is 8.02. The van der Waals surface area contributed by atoms with Crippen LogP contribution in [0.1, 0.15) is 12.0 Å². The predicted molar refractivity (Wildman–Crippen MR) is 106 cm³/mol. The lowest BCUT2D eigenvalue weighted by molar-refractivity contribution is -0.113. The SMILES string of the molecule is Cc1cccc(Oc2ccc(NC(=O)CS[C@H]3CCS(=O)(=O)C3)cc2)c1. The highest BCUT2D eigenvalue weighted by Crippen LogP contribution is 2.25. The van der Waals surface area contributed by atoms with Crippen molar-refractivity contribution in [3.05, 3.63) is 54.1 Å². The molecule has 0 spiro atoms. The zero-order valence-corrected chi connectivity index (χ0v) is 16.1. The lowest BCUT2D eigenvalue weighted by Crippen LogP contribution is -2.17. The molecule has 0 saturated carbocycles. The van der Waals surface area contributed by atoms with Crippen LogP contribution in [0.15, 0.2) is 48.5 Å². The summed E-state index contributed by atoms with van der Waals surface area (Å²) in [5, 5.41) is 2.85. The van der Waals surface area contributed by atoms with Gasteiger partial charge in [-0.05, 0) is 55.3 Å². The third-order valence-electron chi connectivity index (χ3n) is 4.00. The first-order chi connectivity index (χ1) is 12.4. The molecule has 3 rings (SSSR count). The predicted octanol–water partition coefficient (Wildman–Crippen LogP) is 3.65. The smallest absolute Gasteiger partial charge is 0.234 e. The van der Waals surface area contributed by atoms with Crippen LogP contribution in [0.25, 0.3) is 0 Å². The zero-order chi connectivity index (χ0) is 18.6. The minimum Gasteiger partial charge on any atom is -0.457 e. The Bertz CT molecular complexity index is 879. The normalized spacial score (nSPS) is 18.4. The molecule has 0 unspecified atom stereocenters. The highest BCUT2D eigenvalue weighted by atomic mass is 32.2. The van der Waals surface area contributed by atoms with Crippen molar-refractivity contribution in [2.45, 2.75) is 18.6 Å². The topological polar surface area (TPSA) is 72.5 Å². The molecular weight excluding hydrogens is 370 g/mol. The van der Waals surface area contributed by atoms with Gasteiger partial charge in [0.15, 0.2) is 9.84 Å². The zero-order valence-electron chi connectivity index (χ0n) is 14.5. The summed E-state index contributed by atoms with van der Waals surface area (Å²) < 4.78 is 28.6. The van der Waals surface area contributed by atoms with Crippen molar-refractivity contribution in [1.82, 2.24) is 0 Å². The molecule has 1 saturated heterocycles. The summed E-state index contributed by atoms with van der Waals surface area (Å²) in [4.78, 5) is 12.0. The van der Waals surface area contributed by atoms with Crippen molar-refractivity contribution in [2.75, 3.05) is 22.6 Å². The summed E-state index contributed by atoms with van der Waals surface area (Å²) >= 11 is 1.40. The van der Waals surface area contributed by atoms with Crippen molar-refractivity contribution in [2.24, 2.45) is 0 Å². The van der Waals surface area contributed by atoms with Crippen LogP contribution in [-0.4, -0.2) is 36.8 Å². The number of nitrogens with one attached hydrogen (secondary N) is 1. The Morgan fingerprint density at radius 3 is 2.62 bits per heavy atom. The first kappa shape index (κ1) is 18.8. The van der Waals surface area contributed by atoms with Gasteiger partial charge in [0.2, 0.25) is 5.91 Å². The van der Waals surface area contributed by atoms with Crippen molar-refractivity contribution in [1.29, 1.82) is 0 Å². The number of hydrogen-bond donors (Lipinski definition) is 1. The molecule has 1 aliphatic heterocycles. The second-order valence-electron chi connectivity index (χ2n) is 6.33. The third kappa shape index (κ3) is 5.51. The van der Waals surface area contributed by atoms with Crippen molar-refractivity contribution in [3.63, 3.8) is 0 Å². The van der Waals surface area contributed by atoms with E-state index in [0.717, 1.165) is 11.3 Å². The van der Waals surface area contributed by atoms with Crippen molar-refractivity contribution in [3.8, 4) is 11.5 Å². The first-order valence-electron chi connectivity index (χ1n) is 8.36. The van der Waals surface area contributed by atoms with E-state index in [-0.39, 0.29) is 28.4 Å². The van der Waals surface area contributed by atoms with Crippen LogP contribution in [-0.2, 0) is 14.6 Å². The number of aryl methyl sites for hydroxylation is 1. The van der Waals surface area contributed by atoms with Crippen molar-refractivity contribution >= 4 is 33.2 Å². The molecule has 26 heavy (non-hydrogen) atoms. The Morgan fingerprint density at radius 2 is 1.96 bits per heavy atom. The summed E-state index contributed by atoms with van der Waals surface area (Å²) in [5.74, 6) is 1.99. The van der Waals surface area contributed by atoms with Gasteiger partial charge >= 0.3 is 0 Å². The molecular formula is C19H21NO4S2. The quantitative estimate of drug-likeness (QED) is 0.814. The van der Waals surface area contributed by atoms with E-state index in [9.17, 15) is 13.2 Å². The number of benzene rings is 2. The molecule has 0 aromatic heterocycles. The number of carbonyl (C=O) groups is 1. The van der Waals surface area contributed by atoms with Crippen LogP contribution in [0, 0.1) is 6.92 Å². The number of rotatable bonds is 6. The minimum absolute atomic E-state index is 0.0239. The molecule has 0 radical (unpaired) electrons. The number of anilines is 1. The van der Waals surface area contributed by atoms with Gasteiger partial charge in [-0.3, -0.25) is 4.79 Å². The third-order valence-corrected chi connectivity index (χ3v) is 7.29. The van der Waals surface area contributed by atoms with E-state index >= 15 is 0 Å². The van der Waals surface area contributed by atoms with Crippen LogP contribution in [0.4, 0.5) is 5.69 Å². The fourth-order valence-electron chi connectivity index (χ4n) is 2.70. The van der Waals surface area contributed by atoms with E-state index in [4.69, 9.17) is 4.74 Å². The first-order valence-corrected chi connectivity index (χ1v) is 11.2. The van der Waals surface area contributed by atoms with Crippen LogP contribution >= 0.6 is 11.8 Å². The minimum atomic E-state index is -2.90. The lowest BCUT2D eigenvalue weighted by Gasteiger charge is -2.10. The van der Waals surface area contributed by atoms with Gasteiger partial charge < -0.3 is 10.1 Å². The second kappa shape index (κ2) is 8.14. The van der Waals surface area contributed by atoms with E-state index < -0.39 is 9.84 Å². The summed E-state index contributed by atoms with van der Waals surface area (Å²) in [6.07, 6.45) is 0.630. The molecule has 0 bridgehead atoms. The second-order valence-corrected chi connectivity index (χ2v) is 9.84.